The molecule has 8 heteroatoms. The van der Waals surface area contributed by atoms with Gasteiger partial charge in [-0.05, 0) is 31.5 Å². The van der Waals surface area contributed by atoms with Crippen molar-refractivity contribution < 1.29 is 23.0 Å². The third kappa shape index (κ3) is 4.16. The normalized spacial score (nSPS) is 11.1. The van der Waals surface area contributed by atoms with Crippen LogP contribution in [0.4, 0.5) is 19.0 Å². The lowest BCUT2D eigenvalue weighted by molar-refractivity contribution is -0.0522. The lowest BCUT2D eigenvalue weighted by Gasteiger charge is -2.11. The smallest absolute Gasteiger partial charge is 0.387 e. The van der Waals surface area contributed by atoms with Gasteiger partial charge < -0.3 is 15.2 Å². The maximum atomic E-state index is 13.7. The molecule has 2 N–H and O–H groups in total. The number of anilines is 1. The van der Waals surface area contributed by atoms with E-state index in [1.54, 1.807) is 4.68 Å². The molecule has 0 spiro atoms. The molecule has 0 atom stereocenters. The molecule has 0 fully saturated rings. The highest BCUT2D eigenvalue weighted by Gasteiger charge is 2.13. The zero-order valence-corrected chi connectivity index (χ0v) is 12.8. The van der Waals surface area contributed by atoms with E-state index in [-0.39, 0.29) is 13.2 Å². The Balaban J connectivity index is 2.11. The van der Waals surface area contributed by atoms with Crippen LogP contribution in [-0.4, -0.2) is 28.1 Å². The number of nitrogens with one attached hydrogen (secondary N) is 1. The van der Waals surface area contributed by atoms with Crippen molar-refractivity contribution >= 4 is 5.82 Å². The van der Waals surface area contributed by atoms with E-state index in [4.69, 9.17) is 5.11 Å². The molecule has 2 rings (SSSR count). The number of aliphatic hydroxyl groups excluding tert-OH is 1. The molecular formula is C15H18F3N3O2. The SMILES string of the molecule is Cc1nn(CCO)c(NCc2ccc(OC(F)F)c(F)c2)c1C. The minimum atomic E-state index is -3.06. The van der Waals surface area contributed by atoms with E-state index < -0.39 is 18.2 Å². The first kappa shape index (κ1) is 17.1. The molecule has 0 saturated carbocycles. The molecule has 1 heterocycles. The Kier molecular flexibility index (Phi) is 5.49. The van der Waals surface area contributed by atoms with E-state index in [1.165, 1.54) is 12.1 Å². The monoisotopic (exact) mass is 329 g/mol. The standard InChI is InChI=1S/C15H18F3N3O2/c1-9-10(2)20-21(5-6-22)14(9)19-8-11-3-4-13(12(16)7-11)23-15(17)18/h3-4,7,15,19,22H,5-6,8H2,1-2H3. The molecule has 0 aliphatic carbocycles. The highest BCUT2D eigenvalue weighted by Crippen LogP contribution is 2.22. The molecule has 1 aromatic heterocycles. The van der Waals surface area contributed by atoms with Crippen LogP contribution in [0.15, 0.2) is 18.2 Å². The summed E-state index contributed by atoms with van der Waals surface area (Å²) in [4.78, 5) is 0. The third-order valence-electron chi connectivity index (χ3n) is 3.41. The summed E-state index contributed by atoms with van der Waals surface area (Å²) in [7, 11) is 0. The third-order valence-corrected chi connectivity index (χ3v) is 3.41. The molecule has 126 valence electrons. The number of aryl methyl sites for hydroxylation is 1. The largest absolute Gasteiger partial charge is 0.432 e. The summed E-state index contributed by atoms with van der Waals surface area (Å²) in [5, 5.41) is 16.5. The average Bonchev–Trinajstić information content (AvgIpc) is 2.74. The maximum Gasteiger partial charge on any atom is 0.387 e. The minimum absolute atomic E-state index is 0.0521. The van der Waals surface area contributed by atoms with Gasteiger partial charge in [0, 0.05) is 12.1 Å². The van der Waals surface area contributed by atoms with Crippen molar-refractivity contribution in [3.8, 4) is 5.75 Å². The Morgan fingerprint density at radius 3 is 2.70 bits per heavy atom. The van der Waals surface area contributed by atoms with Gasteiger partial charge in [-0.25, -0.2) is 9.07 Å². The van der Waals surface area contributed by atoms with Crippen LogP contribution in [-0.2, 0) is 13.1 Å². The van der Waals surface area contributed by atoms with Gasteiger partial charge in [-0.3, -0.25) is 0 Å². The summed E-state index contributed by atoms with van der Waals surface area (Å²) in [6.07, 6.45) is 0. The van der Waals surface area contributed by atoms with Gasteiger partial charge in [0.2, 0.25) is 0 Å². The molecule has 23 heavy (non-hydrogen) atoms. The van der Waals surface area contributed by atoms with Gasteiger partial charge in [-0.1, -0.05) is 6.07 Å². The quantitative estimate of drug-likeness (QED) is 0.820. The van der Waals surface area contributed by atoms with Gasteiger partial charge >= 0.3 is 6.61 Å². The number of hydrogen-bond acceptors (Lipinski definition) is 4. The van der Waals surface area contributed by atoms with E-state index in [1.807, 2.05) is 13.8 Å². The first-order valence-electron chi connectivity index (χ1n) is 7.04. The minimum Gasteiger partial charge on any atom is -0.432 e. The molecule has 0 radical (unpaired) electrons. The van der Waals surface area contributed by atoms with Crippen LogP contribution in [0.25, 0.3) is 0 Å². The highest BCUT2D eigenvalue weighted by atomic mass is 19.3. The number of nitrogens with zero attached hydrogens (tertiary/aromatic N) is 2. The first-order chi connectivity index (χ1) is 10.9. The number of aromatic nitrogens is 2. The van der Waals surface area contributed by atoms with Crippen LogP contribution >= 0.6 is 0 Å². The van der Waals surface area contributed by atoms with Crippen LogP contribution in [0.3, 0.4) is 0 Å². The number of hydrogen-bond donors (Lipinski definition) is 2. The summed E-state index contributed by atoms with van der Waals surface area (Å²) < 4.78 is 43.6. The molecule has 2 aromatic rings. The van der Waals surface area contributed by atoms with E-state index >= 15 is 0 Å². The summed E-state index contributed by atoms with van der Waals surface area (Å²) in [6.45, 7) is 1.25. The van der Waals surface area contributed by atoms with Crippen molar-refractivity contribution in [1.29, 1.82) is 0 Å². The molecule has 0 amide bonds. The van der Waals surface area contributed by atoms with Gasteiger partial charge in [0.1, 0.15) is 5.82 Å². The van der Waals surface area contributed by atoms with E-state index in [2.05, 4.69) is 15.2 Å². The fourth-order valence-electron chi connectivity index (χ4n) is 2.18. The topological polar surface area (TPSA) is 59.3 Å². The summed E-state index contributed by atoms with van der Waals surface area (Å²) >= 11 is 0. The van der Waals surface area contributed by atoms with Crippen molar-refractivity contribution in [3.05, 3.63) is 40.8 Å². The lowest BCUT2D eigenvalue weighted by Crippen LogP contribution is -2.11. The number of alkyl halides is 2. The second-order valence-electron chi connectivity index (χ2n) is 5.00. The Morgan fingerprint density at radius 1 is 1.35 bits per heavy atom. The van der Waals surface area contributed by atoms with Gasteiger partial charge in [0.25, 0.3) is 0 Å². The number of aliphatic hydroxyl groups is 1. The molecule has 0 saturated heterocycles. The van der Waals surface area contributed by atoms with Gasteiger partial charge in [0.05, 0.1) is 18.8 Å². The molecule has 0 unspecified atom stereocenters. The van der Waals surface area contributed by atoms with Crippen molar-refractivity contribution in [2.45, 2.75) is 33.5 Å². The Morgan fingerprint density at radius 2 is 2.09 bits per heavy atom. The number of rotatable bonds is 7. The molecule has 1 aromatic carbocycles. The van der Waals surface area contributed by atoms with E-state index in [0.29, 0.717) is 12.1 Å². The fourth-order valence-corrected chi connectivity index (χ4v) is 2.18. The highest BCUT2D eigenvalue weighted by molar-refractivity contribution is 5.47. The Bertz CT molecular complexity index is 674. The van der Waals surface area contributed by atoms with E-state index in [9.17, 15) is 13.2 Å². The van der Waals surface area contributed by atoms with Gasteiger partial charge in [-0.15, -0.1) is 0 Å². The van der Waals surface area contributed by atoms with Crippen molar-refractivity contribution in [2.24, 2.45) is 0 Å². The summed E-state index contributed by atoms with van der Waals surface area (Å²) in [5.41, 5.74) is 2.32. The maximum absolute atomic E-state index is 13.7. The summed E-state index contributed by atoms with van der Waals surface area (Å²) in [6, 6.07) is 3.81. The number of benzene rings is 1. The van der Waals surface area contributed by atoms with Gasteiger partial charge in [0.15, 0.2) is 11.6 Å². The number of ether oxygens (including phenoxy) is 1. The Hall–Kier alpha value is -2.22. The first-order valence-corrected chi connectivity index (χ1v) is 7.04. The lowest BCUT2D eigenvalue weighted by atomic mass is 10.2. The zero-order chi connectivity index (χ0) is 17.0. The number of halogens is 3. The second-order valence-corrected chi connectivity index (χ2v) is 5.00. The van der Waals surface area contributed by atoms with Crippen LogP contribution in [0.1, 0.15) is 16.8 Å². The van der Waals surface area contributed by atoms with Crippen LogP contribution in [0.2, 0.25) is 0 Å². The van der Waals surface area contributed by atoms with E-state index in [0.717, 1.165) is 23.1 Å². The molecule has 0 aliphatic heterocycles. The van der Waals surface area contributed by atoms with Crippen LogP contribution in [0, 0.1) is 19.7 Å². The molecule has 0 bridgehead atoms. The molecule has 0 aliphatic rings. The molecule has 5 nitrogen and oxygen atoms in total. The van der Waals surface area contributed by atoms with Crippen LogP contribution in [0.5, 0.6) is 5.75 Å². The van der Waals surface area contributed by atoms with Gasteiger partial charge in [-0.2, -0.15) is 13.9 Å². The molecular weight excluding hydrogens is 311 g/mol. The Labute approximate surface area is 131 Å². The van der Waals surface area contributed by atoms with Crippen molar-refractivity contribution in [1.82, 2.24) is 9.78 Å². The second kappa shape index (κ2) is 7.36. The van der Waals surface area contributed by atoms with Crippen molar-refractivity contribution in [2.75, 3.05) is 11.9 Å². The van der Waals surface area contributed by atoms with Crippen LogP contribution < -0.4 is 10.1 Å². The predicted octanol–water partition coefficient (Wildman–Crippen LogP) is 2.84. The summed E-state index contributed by atoms with van der Waals surface area (Å²) in [5.74, 6) is -0.604. The average molecular weight is 329 g/mol. The van der Waals surface area contributed by atoms with Crippen molar-refractivity contribution in [3.63, 3.8) is 0 Å². The zero-order valence-electron chi connectivity index (χ0n) is 12.8. The fraction of sp³-hybridized carbons (Fsp3) is 0.400. The predicted molar refractivity (Wildman–Crippen MR) is 79.1 cm³/mol.